The number of ether oxygens (including phenoxy) is 1. The molecule has 0 aliphatic heterocycles. The van der Waals surface area contributed by atoms with Gasteiger partial charge in [0.15, 0.2) is 0 Å². The van der Waals surface area contributed by atoms with E-state index in [1.807, 2.05) is 13.8 Å². The van der Waals surface area contributed by atoms with Crippen LogP contribution in [0.2, 0.25) is 0 Å². The van der Waals surface area contributed by atoms with Crippen molar-refractivity contribution in [3.8, 4) is 0 Å². The van der Waals surface area contributed by atoms with Crippen LogP contribution >= 0.6 is 0 Å². The topological polar surface area (TPSA) is 75.7 Å². The highest BCUT2D eigenvalue weighted by molar-refractivity contribution is 6.32. The van der Waals surface area contributed by atoms with E-state index in [0.717, 1.165) is 7.11 Å². The highest BCUT2D eigenvalue weighted by atomic mass is 16.5. The van der Waals surface area contributed by atoms with E-state index < -0.39 is 17.9 Å². The highest BCUT2D eigenvalue weighted by Crippen LogP contribution is 1.94. The first-order valence-electron chi connectivity index (χ1n) is 5.15. The molecule has 1 unspecified atom stereocenters. The van der Waals surface area contributed by atoms with Crippen LogP contribution in [0, 0.1) is 0 Å². The molecule has 0 bridgehead atoms. The average molecular weight is 230 g/mol. The number of carbonyl (C=O) groups is 3. The second-order valence-electron chi connectivity index (χ2n) is 3.20. The van der Waals surface area contributed by atoms with Gasteiger partial charge in [0.25, 0.3) is 0 Å². The fraction of sp³-hybridized carbons (Fsp3) is 0.700. The lowest BCUT2D eigenvalue weighted by Gasteiger charge is -2.22. The minimum Gasteiger partial charge on any atom is -0.462 e. The Morgan fingerprint density at radius 1 is 1.25 bits per heavy atom. The summed E-state index contributed by atoms with van der Waals surface area (Å²) in [4.78, 5) is 35.2. The van der Waals surface area contributed by atoms with Crippen molar-refractivity contribution in [2.75, 3.05) is 20.2 Å². The number of methoxy groups -OCH3 is 1. The summed E-state index contributed by atoms with van der Waals surface area (Å²) < 4.78 is 4.23. The van der Waals surface area contributed by atoms with Crippen LogP contribution < -0.4 is 5.32 Å². The van der Waals surface area contributed by atoms with E-state index in [4.69, 9.17) is 0 Å². The number of hydrogen-bond acceptors (Lipinski definition) is 4. The van der Waals surface area contributed by atoms with E-state index in [1.165, 1.54) is 6.92 Å². The van der Waals surface area contributed by atoms with Gasteiger partial charge in [-0.25, -0.2) is 4.79 Å². The molecule has 0 rings (SSSR count). The van der Waals surface area contributed by atoms with E-state index in [2.05, 4.69) is 10.1 Å². The molecule has 1 atom stereocenters. The maximum absolute atomic E-state index is 11.7. The third kappa shape index (κ3) is 3.88. The lowest BCUT2D eigenvalue weighted by molar-refractivity contribution is -0.153. The van der Waals surface area contributed by atoms with E-state index in [-0.39, 0.29) is 5.91 Å². The van der Waals surface area contributed by atoms with Crippen LogP contribution in [0.3, 0.4) is 0 Å². The van der Waals surface area contributed by atoms with Gasteiger partial charge in [-0.3, -0.25) is 9.59 Å². The van der Waals surface area contributed by atoms with Gasteiger partial charge >= 0.3 is 11.9 Å². The van der Waals surface area contributed by atoms with Crippen molar-refractivity contribution < 1.29 is 19.1 Å². The summed E-state index contributed by atoms with van der Waals surface area (Å²) in [5.74, 6) is -2.13. The van der Waals surface area contributed by atoms with Crippen LogP contribution in [0.25, 0.3) is 0 Å². The minimum atomic E-state index is -1.00. The Bertz CT molecular complexity index is 274. The van der Waals surface area contributed by atoms with Gasteiger partial charge in [0.2, 0.25) is 5.91 Å². The molecule has 1 N–H and O–H groups in total. The van der Waals surface area contributed by atoms with Crippen molar-refractivity contribution >= 4 is 17.8 Å². The fourth-order valence-corrected chi connectivity index (χ4v) is 1.22. The van der Waals surface area contributed by atoms with Crippen molar-refractivity contribution in [2.45, 2.75) is 26.8 Å². The van der Waals surface area contributed by atoms with Gasteiger partial charge in [0.1, 0.15) is 6.04 Å². The quantitative estimate of drug-likeness (QED) is 0.523. The Labute approximate surface area is 94.9 Å². The highest BCUT2D eigenvalue weighted by Gasteiger charge is 2.23. The van der Waals surface area contributed by atoms with E-state index in [0.29, 0.717) is 13.1 Å². The first-order valence-corrected chi connectivity index (χ1v) is 5.15. The molecule has 0 saturated heterocycles. The lowest BCUT2D eigenvalue weighted by atomic mass is 10.2. The molecule has 6 heteroatoms. The smallest absolute Gasteiger partial charge is 0.396 e. The second kappa shape index (κ2) is 6.81. The number of rotatable bonds is 4. The van der Waals surface area contributed by atoms with Gasteiger partial charge in [-0.05, 0) is 20.8 Å². The van der Waals surface area contributed by atoms with Crippen LogP contribution in [-0.2, 0) is 19.1 Å². The fourth-order valence-electron chi connectivity index (χ4n) is 1.22. The third-order valence-electron chi connectivity index (χ3n) is 2.16. The SMILES string of the molecule is CCN(CC)C(=O)C(C)NC(=O)C(=O)OC. The van der Waals surface area contributed by atoms with Crippen LogP contribution in [0.5, 0.6) is 0 Å². The summed E-state index contributed by atoms with van der Waals surface area (Å²) in [6, 6.07) is -0.730. The number of nitrogens with zero attached hydrogens (tertiary/aromatic N) is 1. The number of carbonyl (C=O) groups excluding carboxylic acids is 3. The predicted molar refractivity (Wildman–Crippen MR) is 57.5 cm³/mol. The summed E-state index contributed by atoms with van der Waals surface area (Å²) in [7, 11) is 1.11. The molecule has 0 aliphatic rings. The first kappa shape index (κ1) is 14.4. The molecule has 16 heavy (non-hydrogen) atoms. The number of esters is 1. The Morgan fingerprint density at radius 3 is 2.12 bits per heavy atom. The molecule has 0 radical (unpaired) electrons. The molecule has 0 aromatic rings. The lowest BCUT2D eigenvalue weighted by Crippen LogP contribution is -2.48. The summed E-state index contributed by atoms with van der Waals surface area (Å²) >= 11 is 0. The van der Waals surface area contributed by atoms with Gasteiger partial charge < -0.3 is 15.0 Å². The molecule has 0 aromatic heterocycles. The van der Waals surface area contributed by atoms with Crippen molar-refractivity contribution in [1.29, 1.82) is 0 Å². The summed E-state index contributed by atoms with van der Waals surface area (Å²) in [5, 5.41) is 2.27. The van der Waals surface area contributed by atoms with Crippen molar-refractivity contribution in [3.63, 3.8) is 0 Å². The van der Waals surface area contributed by atoms with Gasteiger partial charge in [0, 0.05) is 13.1 Å². The Hall–Kier alpha value is -1.59. The molecule has 0 heterocycles. The van der Waals surface area contributed by atoms with Crippen LogP contribution in [-0.4, -0.2) is 48.9 Å². The summed E-state index contributed by atoms with van der Waals surface area (Å²) in [6.45, 7) is 6.34. The normalized spacial score (nSPS) is 11.5. The monoisotopic (exact) mass is 230 g/mol. The predicted octanol–water partition coefficient (Wildman–Crippen LogP) is -0.467. The maximum atomic E-state index is 11.7. The molecule has 0 fully saturated rings. The number of hydrogen-bond donors (Lipinski definition) is 1. The van der Waals surface area contributed by atoms with Gasteiger partial charge in [-0.15, -0.1) is 0 Å². The molecule has 0 spiro atoms. The molecular formula is C10H18N2O4. The number of likely N-dealkylation sites (N-methyl/N-ethyl adjacent to an activating group) is 1. The van der Waals surface area contributed by atoms with Crippen molar-refractivity contribution in [1.82, 2.24) is 10.2 Å². The summed E-state index contributed by atoms with van der Waals surface area (Å²) in [5.41, 5.74) is 0. The van der Waals surface area contributed by atoms with Crippen LogP contribution in [0.15, 0.2) is 0 Å². The van der Waals surface area contributed by atoms with E-state index >= 15 is 0 Å². The molecule has 92 valence electrons. The van der Waals surface area contributed by atoms with Gasteiger partial charge in [-0.1, -0.05) is 0 Å². The number of nitrogens with one attached hydrogen (secondary N) is 1. The molecule has 0 saturated carbocycles. The second-order valence-corrected chi connectivity index (χ2v) is 3.20. The van der Waals surface area contributed by atoms with Crippen molar-refractivity contribution in [2.24, 2.45) is 0 Å². The standard InChI is InChI=1S/C10H18N2O4/c1-5-12(6-2)9(14)7(3)11-8(13)10(15)16-4/h7H,5-6H2,1-4H3,(H,11,13). The van der Waals surface area contributed by atoms with Crippen LogP contribution in [0.1, 0.15) is 20.8 Å². The van der Waals surface area contributed by atoms with E-state index in [9.17, 15) is 14.4 Å². The molecule has 2 amide bonds. The molecule has 0 aromatic carbocycles. The van der Waals surface area contributed by atoms with E-state index in [1.54, 1.807) is 4.90 Å². The van der Waals surface area contributed by atoms with Gasteiger partial charge in [-0.2, -0.15) is 0 Å². The Morgan fingerprint density at radius 2 is 1.75 bits per heavy atom. The molecule has 0 aliphatic carbocycles. The molecule has 6 nitrogen and oxygen atoms in total. The maximum Gasteiger partial charge on any atom is 0.396 e. The van der Waals surface area contributed by atoms with Crippen LogP contribution in [0.4, 0.5) is 0 Å². The zero-order valence-electron chi connectivity index (χ0n) is 10.1. The average Bonchev–Trinajstić information content (AvgIpc) is 2.29. The zero-order chi connectivity index (χ0) is 12.7. The molecular weight excluding hydrogens is 212 g/mol. The van der Waals surface area contributed by atoms with Crippen molar-refractivity contribution in [3.05, 3.63) is 0 Å². The number of amides is 2. The third-order valence-corrected chi connectivity index (χ3v) is 2.16. The first-order chi connectivity index (χ1) is 7.47. The zero-order valence-corrected chi connectivity index (χ0v) is 10.1. The Kier molecular flexibility index (Phi) is 6.14. The Balaban J connectivity index is 4.35. The minimum absolute atomic E-state index is 0.220. The van der Waals surface area contributed by atoms with Gasteiger partial charge in [0.05, 0.1) is 7.11 Å². The largest absolute Gasteiger partial charge is 0.462 e. The summed E-state index contributed by atoms with van der Waals surface area (Å²) in [6.07, 6.45) is 0.